The van der Waals surface area contributed by atoms with E-state index in [0.29, 0.717) is 25.9 Å². The standard InChI is InChI=1S/C20H21F3N2O2/c21-20(22,23)17-8-2-1-6-15(17)10-9-14-5-4-12-25(13-14)19(27)16-7-3-11-24-18(16)26/h1-3,6-8,11,14H,4-5,9-10,12-13H2,(H,24,26)/t14-/m1/s1. The fraction of sp³-hybridized carbons (Fsp3) is 0.400. The molecular formula is C20H21F3N2O2. The monoisotopic (exact) mass is 378 g/mol. The van der Waals surface area contributed by atoms with Crippen molar-refractivity contribution in [3.63, 3.8) is 0 Å². The number of aromatic amines is 1. The first-order valence-electron chi connectivity index (χ1n) is 8.98. The van der Waals surface area contributed by atoms with Gasteiger partial charge in [0, 0.05) is 19.3 Å². The number of nitrogens with one attached hydrogen (secondary N) is 1. The van der Waals surface area contributed by atoms with Crippen molar-refractivity contribution in [1.82, 2.24) is 9.88 Å². The molecule has 0 radical (unpaired) electrons. The highest BCUT2D eigenvalue weighted by Gasteiger charge is 2.33. The van der Waals surface area contributed by atoms with E-state index in [1.807, 2.05) is 0 Å². The van der Waals surface area contributed by atoms with Gasteiger partial charge in [-0.3, -0.25) is 9.59 Å². The molecule has 0 saturated carbocycles. The van der Waals surface area contributed by atoms with E-state index >= 15 is 0 Å². The van der Waals surface area contributed by atoms with E-state index < -0.39 is 17.3 Å². The number of H-pyrrole nitrogens is 1. The maximum atomic E-state index is 13.1. The molecule has 1 atom stereocenters. The SMILES string of the molecule is O=C(c1ccc[nH]c1=O)N1CCC[C@H](CCc2ccccc2C(F)(F)F)C1. The smallest absolute Gasteiger partial charge is 0.338 e. The first-order chi connectivity index (χ1) is 12.9. The highest BCUT2D eigenvalue weighted by Crippen LogP contribution is 2.33. The van der Waals surface area contributed by atoms with E-state index in [0.717, 1.165) is 18.9 Å². The molecule has 0 aliphatic carbocycles. The zero-order valence-electron chi connectivity index (χ0n) is 14.8. The molecule has 144 valence electrons. The summed E-state index contributed by atoms with van der Waals surface area (Å²) in [4.78, 5) is 28.5. The third-order valence-electron chi connectivity index (χ3n) is 5.00. The molecule has 0 unspecified atom stereocenters. The summed E-state index contributed by atoms with van der Waals surface area (Å²) in [6.07, 6.45) is -0.364. The summed E-state index contributed by atoms with van der Waals surface area (Å²) >= 11 is 0. The average molecular weight is 378 g/mol. The number of hydrogen-bond acceptors (Lipinski definition) is 2. The first kappa shape index (κ1) is 19.2. The van der Waals surface area contributed by atoms with Crippen molar-refractivity contribution in [3.8, 4) is 0 Å². The molecule has 7 heteroatoms. The van der Waals surface area contributed by atoms with Gasteiger partial charge in [-0.25, -0.2) is 0 Å². The van der Waals surface area contributed by atoms with E-state index in [1.165, 1.54) is 24.4 Å². The van der Waals surface area contributed by atoms with Crippen LogP contribution in [0, 0.1) is 5.92 Å². The van der Waals surface area contributed by atoms with Crippen LogP contribution >= 0.6 is 0 Å². The number of rotatable bonds is 4. The first-order valence-corrected chi connectivity index (χ1v) is 8.98. The van der Waals surface area contributed by atoms with E-state index in [1.54, 1.807) is 17.0 Å². The normalized spacial score (nSPS) is 17.7. The van der Waals surface area contributed by atoms with Gasteiger partial charge in [0.1, 0.15) is 5.56 Å². The largest absolute Gasteiger partial charge is 0.416 e. The van der Waals surface area contributed by atoms with Crippen molar-refractivity contribution in [2.24, 2.45) is 5.92 Å². The third kappa shape index (κ3) is 4.59. The van der Waals surface area contributed by atoms with E-state index in [2.05, 4.69) is 4.98 Å². The Morgan fingerprint density at radius 1 is 1.19 bits per heavy atom. The summed E-state index contributed by atoms with van der Waals surface area (Å²) in [6.45, 7) is 1.02. The molecule has 0 spiro atoms. The van der Waals surface area contributed by atoms with Gasteiger partial charge in [-0.1, -0.05) is 18.2 Å². The Balaban J connectivity index is 1.65. The summed E-state index contributed by atoms with van der Waals surface area (Å²) < 4.78 is 39.4. The number of amides is 1. The predicted molar refractivity (Wildman–Crippen MR) is 95.5 cm³/mol. The summed E-state index contributed by atoms with van der Waals surface area (Å²) in [7, 11) is 0. The van der Waals surface area contributed by atoms with Crippen LogP contribution in [0.2, 0.25) is 0 Å². The molecule has 2 heterocycles. The highest BCUT2D eigenvalue weighted by molar-refractivity contribution is 5.93. The quantitative estimate of drug-likeness (QED) is 0.878. The van der Waals surface area contributed by atoms with Crippen LogP contribution in [0.25, 0.3) is 0 Å². The molecule has 27 heavy (non-hydrogen) atoms. The van der Waals surface area contributed by atoms with Crippen molar-refractivity contribution in [2.75, 3.05) is 13.1 Å². The van der Waals surface area contributed by atoms with Crippen molar-refractivity contribution in [1.29, 1.82) is 0 Å². The van der Waals surface area contributed by atoms with E-state index in [9.17, 15) is 22.8 Å². The maximum Gasteiger partial charge on any atom is 0.416 e. The van der Waals surface area contributed by atoms with Gasteiger partial charge in [0.2, 0.25) is 0 Å². The lowest BCUT2D eigenvalue weighted by molar-refractivity contribution is -0.138. The minimum Gasteiger partial charge on any atom is -0.338 e. The second-order valence-electron chi connectivity index (χ2n) is 6.87. The molecule has 3 rings (SSSR count). The van der Waals surface area contributed by atoms with Gasteiger partial charge in [0.15, 0.2) is 0 Å². The third-order valence-corrected chi connectivity index (χ3v) is 5.00. The van der Waals surface area contributed by atoms with Gasteiger partial charge in [-0.2, -0.15) is 13.2 Å². The second-order valence-corrected chi connectivity index (χ2v) is 6.87. The number of alkyl halides is 3. The molecular weight excluding hydrogens is 357 g/mol. The fourth-order valence-corrected chi connectivity index (χ4v) is 3.62. The Bertz CT molecular complexity index is 861. The minimum atomic E-state index is -4.36. The van der Waals surface area contributed by atoms with Crippen molar-refractivity contribution in [3.05, 3.63) is 69.6 Å². The molecule has 1 aliphatic rings. The lowest BCUT2D eigenvalue weighted by atomic mass is 9.90. The van der Waals surface area contributed by atoms with Crippen LogP contribution in [-0.4, -0.2) is 28.9 Å². The van der Waals surface area contributed by atoms with Crippen LogP contribution in [0.15, 0.2) is 47.4 Å². The van der Waals surface area contributed by atoms with Gasteiger partial charge in [0.05, 0.1) is 5.56 Å². The summed E-state index contributed by atoms with van der Waals surface area (Å²) in [5, 5.41) is 0. The summed E-state index contributed by atoms with van der Waals surface area (Å²) in [5.74, 6) is -0.205. The molecule has 4 nitrogen and oxygen atoms in total. The number of nitrogens with zero attached hydrogens (tertiary/aromatic N) is 1. The Labute approximate surface area is 155 Å². The van der Waals surface area contributed by atoms with Crippen LogP contribution < -0.4 is 5.56 Å². The van der Waals surface area contributed by atoms with Crippen LogP contribution in [0.1, 0.15) is 40.7 Å². The van der Waals surface area contributed by atoms with Gasteiger partial charge in [-0.05, 0) is 55.4 Å². The van der Waals surface area contributed by atoms with Gasteiger partial charge in [-0.15, -0.1) is 0 Å². The van der Waals surface area contributed by atoms with Crippen LogP contribution in [0.3, 0.4) is 0 Å². The Morgan fingerprint density at radius 3 is 2.70 bits per heavy atom. The molecule has 1 aromatic heterocycles. The lowest BCUT2D eigenvalue weighted by Crippen LogP contribution is -2.41. The number of carbonyl (C=O) groups excluding carboxylic acids is 1. The average Bonchev–Trinajstić information content (AvgIpc) is 2.66. The number of hydrogen-bond donors (Lipinski definition) is 1. The van der Waals surface area contributed by atoms with Crippen LogP contribution in [0.5, 0.6) is 0 Å². The number of likely N-dealkylation sites (tertiary alicyclic amines) is 1. The van der Waals surface area contributed by atoms with Crippen molar-refractivity contribution < 1.29 is 18.0 Å². The number of piperidine rings is 1. The lowest BCUT2D eigenvalue weighted by Gasteiger charge is -2.33. The van der Waals surface area contributed by atoms with Gasteiger partial charge >= 0.3 is 6.18 Å². The highest BCUT2D eigenvalue weighted by atomic mass is 19.4. The maximum absolute atomic E-state index is 13.1. The fourth-order valence-electron chi connectivity index (χ4n) is 3.62. The second kappa shape index (κ2) is 7.98. The number of pyridine rings is 1. The zero-order valence-corrected chi connectivity index (χ0v) is 14.8. The van der Waals surface area contributed by atoms with Crippen LogP contribution in [0.4, 0.5) is 13.2 Å². The van der Waals surface area contributed by atoms with Crippen molar-refractivity contribution in [2.45, 2.75) is 31.9 Å². The molecule has 1 aromatic carbocycles. The van der Waals surface area contributed by atoms with Gasteiger partial charge in [0.25, 0.3) is 11.5 Å². The molecule has 1 fully saturated rings. The molecule has 1 N–H and O–H groups in total. The number of benzene rings is 1. The Morgan fingerprint density at radius 2 is 1.96 bits per heavy atom. The zero-order chi connectivity index (χ0) is 19.4. The number of halogens is 3. The summed E-state index contributed by atoms with van der Waals surface area (Å²) in [6, 6.07) is 8.72. The van der Waals surface area contributed by atoms with Crippen molar-refractivity contribution >= 4 is 5.91 Å². The number of aromatic nitrogens is 1. The van der Waals surface area contributed by atoms with Gasteiger partial charge < -0.3 is 9.88 Å². The van der Waals surface area contributed by atoms with Crippen LogP contribution in [-0.2, 0) is 12.6 Å². The summed E-state index contributed by atoms with van der Waals surface area (Å²) in [5.41, 5.74) is -0.637. The Hall–Kier alpha value is -2.57. The molecule has 1 amide bonds. The topological polar surface area (TPSA) is 53.2 Å². The van der Waals surface area contributed by atoms with E-state index in [4.69, 9.17) is 0 Å². The molecule has 2 aromatic rings. The molecule has 1 aliphatic heterocycles. The number of aryl methyl sites for hydroxylation is 1. The molecule has 0 bridgehead atoms. The molecule has 1 saturated heterocycles. The Kier molecular flexibility index (Phi) is 5.68. The minimum absolute atomic E-state index is 0.0977. The number of carbonyl (C=O) groups is 1. The predicted octanol–water partition coefficient (Wildman–Crippen LogP) is 3.88. The van der Waals surface area contributed by atoms with E-state index in [-0.39, 0.29) is 23.0 Å².